The maximum Gasteiger partial charge on any atom is 0.410 e. The number of hydrogen-bond acceptors (Lipinski definition) is 4. The van der Waals surface area contributed by atoms with Gasteiger partial charge in [0.15, 0.2) is 5.78 Å². The summed E-state index contributed by atoms with van der Waals surface area (Å²) < 4.78 is 4.62. The molecule has 1 atom stereocenters. The Kier molecular flexibility index (Phi) is 4.46. The van der Waals surface area contributed by atoms with Crippen LogP contribution in [0.2, 0.25) is 0 Å². The van der Waals surface area contributed by atoms with Gasteiger partial charge in [0.25, 0.3) is 0 Å². The summed E-state index contributed by atoms with van der Waals surface area (Å²) in [6.07, 6.45) is 1.40. The van der Waals surface area contributed by atoms with Crippen molar-refractivity contribution in [2.24, 2.45) is 0 Å². The predicted octanol–water partition coefficient (Wildman–Crippen LogP) is 1.16. The predicted molar refractivity (Wildman–Crippen MR) is 57.1 cm³/mol. The minimum Gasteiger partial charge on any atom is -0.453 e. The second-order valence-corrected chi connectivity index (χ2v) is 3.99. The van der Waals surface area contributed by atoms with E-state index in [1.807, 2.05) is 0 Å². The number of amides is 1. The van der Waals surface area contributed by atoms with Crippen LogP contribution < -0.4 is 0 Å². The summed E-state index contributed by atoms with van der Waals surface area (Å²) in [6, 6.07) is -0.481. The Hall–Kier alpha value is -1.39. The largest absolute Gasteiger partial charge is 0.453 e. The molecule has 1 heterocycles. The van der Waals surface area contributed by atoms with Crippen LogP contribution in [0, 0.1) is 0 Å². The van der Waals surface area contributed by atoms with Gasteiger partial charge in [-0.15, -0.1) is 0 Å². The molecule has 0 spiro atoms. The van der Waals surface area contributed by atoms with Gasteiger partial charge in [-0.1, -0.05) is 0 Å². The SMILES string of the molecule is COC(=O)N1CCCC(=O)C1CCC(C)=O. The van der Waals surface area contributed by atoms with Gasteiger partial charge in [0.1, 0.15) is 5.78 Å². The van der Waals surface area contributed by atoms with Gasteiger partial charge < -0.3 is 9.53 Å². The van der Waals surface area contributed by atoms with Crippen LogP contribution in [0.15, 0.2) is 0 Å². The fraction of sp³-hybridized carbons (Fsp3) is 0.727. The molecule has 0 aromatic carbocycles. The average Bonchev–Trinajstić information content (AvgIpc) is 2.25. The Morgan fingerprint density at radius 1 is 1.50 bits per heavy atom. The first-order valence-electron chi connectivity index (χ1n) is 5.43. The van der Waals surface area contributed by atoms with Gasteiger partial charge in [0, 0.05) is 19.4 Å². The molecule has 90 valence electrons. The maximum absolute atomic E-state index is 11.7. The summed E-state index contributed by atoms with van der Waals surface area (Å²) in [5, 5.41) is 0. The van der Waals surface area contributed by atoms with Gasteiger partial charge in [-0.25, -0.2) is 4.79 Å². The van der Waals surface area contributed by atoms with Crippen LogP contribution in [0.3, 0.4) is 0 Å². The van der Waals surface area contributed by atoms with E-state index in [1.165, 1.54) is 18.9 Å². The van der Waals surface area contributed by atoms with Crippen molar-refractivity contribution in [3.63, 3.8) is 0 Å². The highest BCUT2D eigenvalue weighted by molar-refractivity contribution is 5.89. The van der Waals surface area contributed by atoms with Crippen molar-refractivity contribution in [1.82, 2.24) is 4.90 Å². The molecule has 1 amide bonds. The highest BCUT2D eigenvalue weighted by Crippen LogP contribution is 2.18. The molecule has 1 fully saturated rings. The van der Waals surface area contributed by atoms with Crippen molar-refractivity contribution in [1.29, 1.82) is 0 Å². The number of hydrogen-bond donors (Lipinski definition) is 0. The molecule has 5 heteroatoms. The van der Waals surface area contributed by atoms with E-state index in [9.17, 15) is 14.4 Å². The first kappa shape index (κ1) is 12.7. The Bertz CT molecular complexity index is 300. The molecule has 0 aromatic rings. The van der Waals surface area contributed by atoms with Crippen molar-refractivity contribution in [2.75, 3.05) is 13.7 Å². The van der Waals surface area contributed by atoms with E-state index in [1.54, 1.807) is 0 Å². The molecule has 5 nitrogen and oxygen atoms in total. The quantitative estimate of drug-likeness (QED) is 0.725. The summed E-state index contributed by atoms with van der Waals surface area (Å²) in [7, 11) is 1.30. The van der Waals surface area contributed by atoms with Crippen LogP contribution in [0.4, 0.5) is 4.79 Å². The third-order valence-electron chi connectivity index (χ3n) is 2.75. The number of carbonyl (C=O) groups excluding carboxylic acids is 3. The van der Waals surface area contributed by atoms with Crippen molar-refractivity contribution >= 4 is 17.7 Å². The molecule has 1 saturated heterocycles. The topological polar surface area (TPSA) is 63.7 Å². The van der Waals surface area contributed by atoms with Gasteiger partial charge >= 0.3 is 6.09 Å². The smallest absolute Gasteiger partial charge is 0.410 e. The van der Waals surface area contributed by atoms with Crippen molar-refractivity contribution in [3.05, 3.63) is 0 Å². The lowest BCUT2D eigenvalue weighted by molar-refractivity contribution is -0.126. The van der Waals surface area contributed by atoms with Crippen LogP contribution in [-0.4, -0.2) is 42.3 Å². The molecular formula is C11H17NO4. The number of Topliss-reactive ketones (excluding diaryl/α,β-unsaturated/α-hetero) is 2. The zero-order valence-corrected chi connectivity index (χ0v) is 9.69. The van der Waals surface area contributed by atoms with Gasteiger partial charge in [0.2, 0.25) is 0 Å². The zero-order valence-electron chi connectivity index (χ0n) is 9.69. The first-order valence-corrected chi connectivity index (χ1v) is 5.43. The van der Waals surface area contributed by atoms with Gasteiger partial charge in [-0.3, -0.25) is 9.69 Å². The Morgan fingerprint density at radius 2 is 2.19 bits per heavy atom. The van der Waals surface area contributed by atoms with E-state index in [4.69, 9.17) is 0 Å². The molecule has 1 aliphatic heterocycles. The molecule has 1 aliphatic rings. The minimum absolute atomic E-state index is 0.0258. The first-order chi connectivity index (χ1) is 7.56. The van der Waals surface area contributed by atoms with E-state index in [0.717, 1.165) is 0 Å². The van der Waals surface area contributed by atoms with Crippen LogP contribution in [-0.2, 0) is 14.3 Å². The molecule has 0 saturated carbocycles. The van der Waals surface area contributed by atoms with Gasteiger partial charge in [0.05, 0.1) is 13.2 Å². The summed E-state index contributed by atoms with van der Waals surface area (Å²) in [5.41, 5.74) is 0. The highest BCUT2D eigenvalue weighted by Gasteiger charge is 2.33. The number of piperidine rings is 1. The van der Waals surface area contributed by atoms with Gasteiger partial charge in [-0.2, -0.15) is 0 Å². The standard InChI is InChI=1S/C11H17NO4/c1-8(13)5-6-9-10(14)4-3-7-12(9)11(15)16-2/h9H,3-7H2,1-2H3. The number of likely N-dealkylation sites (tertiary alicyclic amines) is 1. The van der Waals surface area contributed by atoms with Crippen LogP contribution in [0.5, 0.6) is 0 Å². The second-order valence-electron chi connectivity index (χ2n) is 3.99. The molecule has 16 heavy (non-hydrogen) atoms. The van der Waals surface area contributed by atoms with Gasteiger partial charge in [-0.05, 0) is 19.8 Å². The lowest BCUT2D eigenvalue weighted by Crippen LogP contribution is -2.49. The number of methoxy groups -OCH3 is 1. The fourth-order valence-electron chi connectivity index (χ4n) is 1.91. The zero-order chi connectivity index (χ0) is 12.1. The second kappa shape index (κ2) is 5.63. The third-order valence-corrected chi connectivity index (χ3v) is 2.75. The lowest BCUT2D eigenvalue weighted by Gasteiger charge is -2.33. The molecule has 1 rings (SSSR count). The summed E-state index contributed by atoms with van der Waals surface area (Å²) in [5.74, 6) is 0.0566. The van der Waals surface area contributed by atoms with E-state index >= 15 is 0 Å². The van der Waals surface area contributed by atoms with E-state index < -0.39 is 12.1 Å². The van der Waals surface area contributed by atoms with E-state index in [2.05, 4.69) is 4.74 Å². The maximum atomic E-state index is 11.7. The van der Waals surface area contributed by atoms with Crippen LogP contribution >= 0.6 is 0 Å². The van der Waals surface area contributed by atoms with Crippen LogP contribution in [0.1, 0.15) is 32.6 Å². The van der Waals surface area contributed by atoms with E-state index in [-0.39, 0.29) is 11.6 Å². The summed E-state index contributed by atoms with van der Waals surface area (Å²) in [6.45, 7) is 2.01. The molecule has 0 N–H and O–H groups in total. The monoisotopic (exact) mass is 227 g/mol. The lowest BCUT2D eigenvalue weighted by atomic mass is 9.96. The fourth-order valence-corrected chi connectivity index (χ4v) is 1.91. The molecule has 0 bridgehead atoms. The van der Waals surface area contributed by atoms with E-state index in [0.29, 0.717) is 32.2 Å². The highest BCUT2D eigenvalue weighted by atomic mass is 16.5. The third kappa shape index (κ3) is 3.05. The normalized spacial score (nSPS) is 20.8. The molecule has 0 radical (unpaired) electrons. The minimum atomic E-state index is -0.485. The molecule has 0 aromatic heterocycles. The number of ether oxygens (including phenoxy) is 1. The average molecular weight is 227 g/mol. The molecular weight excluding hydrogens is 210 g/mol. The number of ketones is 2. The molecule has 0 aliphatic carbocycles. The Balaban J connectivity index is 2.67. The van der Waals surface area contributed by atoms with Crippen molar-refractivity contribution in [2.45, 2.75) is 38.6 Å². The molecule has 1 unspecified atom stereocenters. The summed E-state index contributed by atoms with van der Waals surface area (Å²) in [4.78, 5) is 35.4. The Labute approximate surface area is 94.7 Å². The van der Waals surface area contributed by atoms with Crippen molar-refractivity contribution < 1.29 is 19.1 Å². The number of nitrogens with zero attached hydrogens (tertiary/aromatic N) is 1. The summed E-state index contributed by atoms with van der Waals surface area (Å²) >= 11 is 0. The van der Waals surface area contributed by atoms with Crippen molar-refractivity contribution in [3.8, 4) is 0 Å². The van der Waals surface area contributed by atoms with Crippen LogP contribution in [0.25, 0.3) is 0 Å². The number of rotatable bonds is 3. The Morgan fingerprint density at radius 3 is 2.75 bits per heavy atom. The number of carbonyl (C=O) groups is 3.